The van der Waals surface area contributed by atoms with Crippen LogP contribution in [-0.4, -0.2) is 129 Å². The fraction of sp³-hybridized carbons (Fsp3) is 0.574. The number of rotatable bonds is 12. The second-order valence-electron chi connectivity index (χ2n) is 19.1. The van der Waals surface area contributed by atoms with Crippen molar-refractivity contribution in [1.29, 1.82) is 0 Å². The van der Waals surface area contributed by atoms with Gasteiger partial charge in [-0.05, 0) is 122 Å². The van der Waals surface area contributed by atoms with Gasteiger partial charge in [-0.1, -0.05) is 19.1 Å². The molecule has 0 unspecified atom stereocenters. The summed E-state index contributed by atoms with van der Waals surface area (Å²) >= 11 is 0. The van der Waals surface area contributed by atoms with Crippen LogP contribution in [0.1, 0.15) is 93.4 Å². The van der Waals surface area contributed by atoms with Crippen LogP contribution in [0.25, 0.3) is 22.2 Å². The van der Waals surface area contributed by atoms with Crippen molar-refractivity contribution in [3.05, 3.63) is 54.7 Å². The zero-order valence-electron chi connectivity index (χ0n) is 39.3. The van der Waals surface area contributed by atoms with Gasteiger partial charge in [0.15, 0.2) is 0 Å². The van der Waals surface area contributed by atoms with Gasteiger partial charge in [-0.15, -0.1) is 0 Å². The summed E-state index contributed by atoms with van der Waals surface area (Å²) in [6, 6.07) is 6.58. The molecule has 2 saturated carbocycles. The van der Waals surface area contributed by atoms with Crippen molar-refractivity contribution in [3.63, 3.8) is 0 Å². The molecule has 1 saturated heterocycles. The van der Waals surface area contributed by atoms with E-state index in [2.05, 4.69) is 15.0 Å². The van der Waals surface area contributed by atoms with E-state index in [1.165, 1.54) is 14.0 Å². The second-order valence-corrected chi connectivity index (χ2v) is 21.3. The monoisotopic (exact) mass is 972 g/mol. The topological polar surface area (TPSA) is 216 Å². The van der Waals surface area contributed by atoms with Gasteiger partial charge < -0.3 is 34.3 Å². The van der Waals surface area contributed by atoms with Crippen molar-refractivity contribution >= 4 is 44.6 Å². The van der Waals surface area contributed by atoms with Gasteiger partial charge >= 0.3 is 12.3 Å². The Bertz CT molecular complexity index is 2570. The Hall–Kier alpha value is -5.70. The van der Waals surface area contributed by atoms with E-state index in [1.54, 1.807) is 68.6 Å². The van der Waals surface area contributed by atoms with Gasteiger partial charge in [0.25, 0.3) is 5.91 Å². The van der Waals surface area contributed by atoms with Crippen LogP contribution >= 0.6 is 0 Å². The van der Waals surface area contributed by atoms with Crippen molar-refractivity contribution in [3.8, 4) is 28.8 Å². The Morgan fingerprint density at radius 3 is 2.41 bits per heavy atom. The zero-order valence-corrected chi connectivity index (χ0v) is 40.1. The standard InChI is InChI=1S/C47H59F3N6O11S/c1-9-37-38(56(43(60)61)44(5,6)47(48,49)50)41(58)55-25-32(67-40-33-16-14-30(64-8)20-28(33)21-35(52-40)34-17-15-31(24-51-34)65-26(2)3)22-36(55)39(57)53-46(23-29(46)13-11-10-12-27(4)66-37)42(59)54-68(62,63)45(7)18-19-45/h11,13-17,20-21,24,26-27,29,32,36-38H,9-10,12,18-19,22-23,25H2,1-8H3,(H,53,57)(H,54,59)(H,60,61)/b13-11-/t27-,29-,32-,36+,37+,38+,46-/m1/s1. The normalized spacial score (nSPS) is 26.9. The van der Waals surface area contributed by atoms with Crippen molar-refractivity contribution < 1.29 is 64.8 Å². The molecule has 2 aliphatic carbocycles. The quantitative estimate of drug-likeness (QED) is 0.165. The van der Waals surface area contributed by atoms with Crippen molar-refractivity contribution in [2.45, 2.75) is 152 Å². The summed E-state index contributed by atoms with van der Waals surface area (Å²) in [6.07, 6.45) is -4.81. The number of benzene rings is 1. The number of amides is 4. The number of nitrogens with zero attached hydrogens (tertiary/aromatic N) is 4. The first-order valence-corrected chi connectivity index (χ1v) is 24.2. The molecular formula is C47H59F3N6O11S. The van der Waals surface area contributed by atoms with Gasteiger partial charge in [0.1, 0.15) is 40.8 Å². The molecular weight excluding hydrogens is 914 g/mol. The van der Waals surface area contributed by atoms with Crippen LogP contribution < -0.4 is 24.2 Å². The van der Waals surface area contributed by atoms with Gasteiger partial charge in [0, 0.05) is 17.7 Å². The van der Waals surface area contributed by atoms with E-state index < -0.39 is 98.7 Å². The Morgan fingerprint density at radius 2 is 1.81 bits per heavy atom. The highest BCUT2D eigenvalue weighted by Crippen LogP contribution is 2.48. The van der Waals surface area contributed by atoms with Crippen LogP contribution in [0.2, 0.25) is 0 Å². The van der Waals surface area contributed by atoms with Crippen LogP contribution in [0.15, 0.2) is 54.7 Å². The molecule has 3 aromatic rings. The third-order valence-corrected chi connectivity index (χ3v) is 15.6. The van der Waals surface area contributed by atoms with Crippen molar-refractivity contribution in [2.24, 2.45) is 5.92 Å². The molecule has 2 aromatic heterocycles. The molecule has 17 nitrogen and oxygen atoms in total. The number of fused-ring (bicyclic) bond motifs is 3. The first-order valence-electron chi connectivity index (χ1n) is 22.7. The molecule has 4 aliphatic rings. The number of halogens is 3. The van der Waals surface area contributed by atoms with Crippen LogP contribution in [0.3, 0.4) is 0 Å². The van der Waals surface area contributed by atoms with Gasteiger partial charge in [-0.25, -0.2) is 18.2 Å². The predicted octanol–water partition coefficient (Wildman–Crippen LogP) is 6.54. The molecule has 0 radical (unpaired) electrons. The second kappa shape index (κ2) is 18.7. The van der Waals surface area contributed by atoms with Crippen LogP contribution in [0.4, 0.5) is 18.0 Å². The average Bonchev–Trinajstić information content (AvgIpc) is 4.15. The van der Waals surface area contributed by atoms with E-state index in [4.69, 9.17) is 23.9 Å². The molecule has 3 fully saturated rings. The maximum absolute atomic E-state index is 15.3. The number of hydrogen-bond acceptors (Lipinski definition) is 12. The molecule has 2 aliphatic heterocycles. The highest BCUT2D eigenvalue weighted by Gasteiger charge is 2.64. The van der Waals surface area contributed by atoms with Crippen molar-refractivity contribution in [2.75, 3.05) is 13.7 Å². The molecule has 7 atom stereocenters. The number of alkyl halides is 3. The third-order valence-electron chi connectivity index (χ3n) is 13.4. The maximum Gasteiger partial charge on any atom is 0.411 e. The van der Waals surface area contributed by atoms with Gasteiger partial charge in [0.2, 0.25) is 27.7 Å². The molecule has 21 heteroatoms. The lowest BCUT2D eigenvalue weighted by Gasteiger charge is -2.45. The highest BCUT2D eigenvalue weighted by atomic mass is 32.2. The summed E-state index contributed by atoms with van der Waals surface area (Å²) in [5, 5.41) is 14.5. The van der Waals surface area contributed by atoms with Crippen LogP contribution in [-0.2, 0) is 29.1 Å². The zero-order chi connectivity index (χ0) is 49.7. The lowest BCUT2D eigenvalue weighted by molar-refractivity contribution is -0.226. The number of sulfonamides is 1. The van der Waals surface area contributed by atoms with Crippen LogP contribution in [0.5, 0.6) is 17.4 Å². The van der Waals surface area contributed by atoms with Gasteiger partial charge in [-0.3, -0.25) is 29.0 Å². The number of allylic oxidation sites excluding steroid dienone is 1. The molecule has 370 valence electrons. The van der Waals surface area contributed by atoms with E-state index >= 15 is 4.79 Å². The average molecular weight is 973 g/mol. The first kappa shape index (κ1) is 50.2. The summed E-state index contributed by atoms with van der Waals surface area (Å²) < 4.78 is 96.7. The number of carbonyl (C=O) groups is 4. The molecule has 68 heavy (non-hydrogen) atoms. The Balaban J connectivity index is 1.33. The number of carboxylic acid groups (broad SMARTS) is 1. The molecule has 7 rings (SSSR count). The van der Waals surface area contributed by atoms with E-state index in [1.807, 2.05) is 13.8 Å². The lowest BCUT2D eigenvalue weighted by Crippen LogP contribution is -2.68. The summed E-state index contributed by atoms with van der Waals surface area (Å²) in [4.78, 5) is 67.9. The summed E-state index contributed by atoms with van der Waals surface area (Å²) in [5.74, 6) is -2.70. The summed E-state index contributed by atoms with van der Waals surface area (Å²) in [6.45, 7) is 9.29. The summed E-state index contributed by atoms with van der Waals surface area (Å²) in [5.41, 5.74) is -4.14. The maximum atomic E-state index is 15.3. The van der Waals surface area contributed by atoms with E-state index in [0.717, 1.165) is 4.90 Å². The van der Waals surface area contributed by atoms with E-state index in [9.17, 15) is 41.1 Å². The lowest BCUT2D eigenvalue weighted by atomic mass is 9.95. The fourth-order valence-corrected chi connectivity index (χ4v) is 10.1. The Morgan fingerprint density at radius 1 is 1.10 bits per heavy atom. The molecule has 0 bridgehead atoms. The van der Waals surface area contributed by atoms with Gasteiger partial charge in [0.05, 0.1) is 54.3 Å². The molecule has 4 amide bonds. The number of pyridine rings is 2. The minimum absolute atomic E-state index is 0.00215. The largest absolute Gasteiger partial charge is 0.497 e. The Kier molecular flexibility index (Phi) is 13.8. The first-order chi connectivity index (χ1) is 31.8. The minimum Gasteiger partial charge on any atom is -0.497 e. The number of ether oxygens (including phenoxy) is 4. The number of methoxy groups -OCH3 is 1. The minimum atomic E-state index is -5.18. The molecule has 0 spiro atoms. The number of carbonyl (C=O) groups excluding carboxylic acids is 3. The number of aromatic nitrogens is 2. The third kappa shape index (κ3) is 9.91. The van der Waals surface area contributed by atoms with Crippen LogP contribution in [0, 0.1) is 5.92 Å². The van der Waals surface area contributed by atoms with E-state index in [0.29, 0.717) is 66.8 Å². The smallest absolute Gasteiger partial charge is 0.411 e. The summed E-state index contributed by atoms with van der Waals surface area (Å²) in [7, 11) is -2.67. The SMILES string of the molecule is CC[C@@H]1O[C@H](C)CC/C=C\[C@@H]2C[C@@]2(C(=O)NS(=O)(=O)C2(C)CC2)NC(=O)[C@@H]2C[C@@H](Oc3nc(-c4ccc(OC(C)C)cn4)cc4cc(OC)ccc34)CN2C(=O)[C@H]1N(C(=O)O)C(C)(C)C(F)(F)F. The Labute approximate surface area is 393 Å². The predicted molar refractivity (Wildman–Crippen MR) is 242 cm³/mol. The molecule has 3 N–H and O–H groups in total. The number of hydrogen-bond donors (Lipinski definition) is 3. The van der Waals surface area contributed by atoms with Gasteiger partial charge in [-0.2, -0.15) is 13.2 Å². The number of nitrogens with one attached hydrogen (secondary N) is 2. The highest BCUT2D eigenvalue weighted by molar-refractivity contribution is 7.91. The molecule has 1 aromatic carbocycles. The van der Waals surface area contributed by atoms with Crippen molar-refractivity contribution in [1.82, 2.24) is 29.8 Å². The van der Waals surface area contributed by atoms with E-state index in [-0.39, 0.29) is 42.6 Å². The molecule has 4 heterocycles. The fourth-order valence-electron chi connectivity index (χ4n) is 8.82.